The van der Waals surface area contributed by atoms with Crippen LogP contribution >= 0.6 is 11.6 Å². The second-order valence-corrected chi connectivity index (χ2v) is 4.86. The molecule has 0 aliphatic carbocycles. The average Bonchev–Trinajstić information content (AvgIpc) is 2.33. The summed E-state index contributed by atoms with van der Waals surface area (Å²) in [5, 5.41) is 13.4. The van der Waals surface area contributed by atoms with E-state index in [1.165, 1.54) is 6.92 Å². The SMILES string of the molecule is CC(C)[C@H](N)C(=O)N[C@@H](C)C(=O)N[C@@H](CCl)C(=O)O. The number of hydrogen-bond donors (Lipinski definition) is 4. The van der Waals surface area contributed by atoms with Crippen molar-refractivity contribution in [3.63, 3.8) is 0 Å². The number of carbonyl (C=O) groups excluding carboxylic acids is 2. The van der Waals surface area contributed by atoms with Gasteiger partial charge in [0.2, 0.25) is 11.8 Å². The summed E-state index contributed by atoms with van der Waals surface area (Å²) in [7, 11) is 0. The minimum atomic E-state index is -1.24. The lowest BCUT2D eigenvalue weighted by atomic mass is 10.0. The highest BCUT2D eigenvalue weighted by atomic mass is 35.5. The zero-order valence-corrected chi connectivity index (χ0v) is 11.9. The Morgan fingerprint density at radius 2 is 1.68 bits per heavy atom. The minimum Gasteiger partial charge on any atom is -0.480 e. The molecule has 8 heteroatoms. The van der Waals surface area contributed by atoms with Gasteiger partial charge in [0.25, 0.3) is 0 Å². The van der Waals surface area contributed by atoms with Crippen LogP contribution in [0.2, 0.25) is 0 Å². The summed E-state index contributed by atoms with van der Waals surface area (Å²) >= 11 is 5.41. The molecule has 0 heterocycles. The average molecular weight is 294 g/mol. The third-order valence-electron chi connectivity index (χ3n) is 2.54. The molecule has 0 unspecified atom stereocenters. The first kappa shape index (κ1) is 17.7. The van der Waals surface area contributed by atoms with E-state index in [2.05, 4.69) is 10.6 Å². The molecule has 7 nitrogen and oxygen atoms in total. The van der Waals surface area contributed by atoms with Crippen molar-refractivity contribution in [2.45, 2.75) is 38.9 Å². The second-order valence-electron chi connectivity index (χ2n) is 4.55. The van der Waals surface area contributed by atoms with Gasteiger partial charge in [0.1, 0.15) is 12.1 Å². The van der Waals surface area contributed by atoms with Crippen molar-refractivity contribution in [1.29, 1.82) is 0 Å². The first-order valence-electron chi connectivity index (χ1n) is 5.85. The third-order valence-corrected chi connectivity index (χ3v) is 2.85. The van der Waals surface area contributed by atoms with E-state index in [0.29, 0.717) is 0 Å². The van der Waals surface area contributed by atoms with Crippen LogP contribution < -0.4 is 16.4 Å². The fourth-order valence-corrected chi connectivity index (χ4v) is 1.35. The molecule has 0 radical (unpaired) electrons. The molecule has 0 aliphatic rings. The predicted octanol–water partition coefficient (Wildman–Crippen LogP) is -0.717. The van der Waals surface area contributed by atoms with Crippen molar-refractivity contribution in [1.82, 2.24) is 10.6 Å². The Hall–Kier alpha value is -1.34. The zero-order valence-electron chi connectivity index (χ0n) is 11.1. The van der Waals surface area contributed by atoms with Gasteiger partial charge in [-0.15, -0.1) is 11.6 Å². The molecule has 2 amide bonds. The molecule has 110 valence electrons. The Bertz CT molecular complexity index is 349. The van der Waals surface area contributed by atoms with Crippen molar-refractivity contribution in [2.24, 2.45) is 11.7 Å². The van der Waals surface area contributed by atoms with Crippen LogP contribution in [-0.4, -0.2) is 46.9 Å². The van der Waals surface area contributed by atoms with Crippen molar-refractivity contribution in [2.75, 3.05) is 5.88 Å². The van der Waals surface area contributed by atoms with Gasteiger partial charge < -0.3 is 21.5 Å². The van der Waals surface area contributed by atoms with Gasteiger partial charge in [0.05, 0.1) is 11.9 Å². The Morgan fingerprint density at radius 1 is 1.16 bits per heavy atom. The predicted molar refractivity (Wildman–Crippen MR) is 70.7 cm³/mol. The fourth-order valence-electron chi connectivity index (χ4n) is 1.14. The molecule has 0 aliphatic heterocycles. The third kappa shape index (κ3) is 5.89. The molecule has 5 N–H and O–H groups in total. The fraction of sp³-hybridized carbons (Fsp3) is 0.727. The molecule has 0 bridgehead atoms. The molecule has 0 rings (SSSR count). The van der Waals surface area contributed by atoms with Crippen molar-refractivity contribution in [3.8, 4) is 0 Å². The molecule has 0 saturated carbocycles. The van der Waals surface area contributed by atoms with Gasteiger partial charge >= 0.3 is 5.97 Å². The van der Waals surface area contributed by atoms with E-state index in [1.54, 1.807) is 13.8 Å². The molecule has 0 spiro atoms. The number of alkyl halides is 1. The smallest absolute Gasteiger partial charge is 0.327 e. The van der Waals surface area contributed by atoms with Gasteiger partial charge in [-0.05, 0) is 12.8 Å². The molecular formula is C11H20ClN3O4. The molecule has 3 atom stereocenters. The van der Waals surface area contributed by atoms with Gasteiger partial charge in [-0.2, -0.15) is 0 Å². The Kier molecular flexibility index (Phi) is 7.40. The monoisotopic (exact) mass is 293 g/mol. The highest BCUT2D eigenvalue weighted by molar-refractivity contribution is 6.19. The molecule has 19 heavy (non-hydrogen) atoms. The number of amides is 2. The first-order chi connectivity index (χ1) is 8.70. The Balaban J connectivity index is 4.42. The molecule has 0 aromatic carbocycles. The van der Waals surface area contributed by atoms with E-state index in [1.807, 2.05) is 0 Å². The summed E-state index contributed by atoms with van der Waals surface area (Å²) in [5.41, 5.74) is 5.63. The van der Waals surface area contributed by atoms with Crippen LogP contribution in [0.1, 0.15) is 20.8 Å². The lowest BCUT2D eigenvalue weighted by molar-refractivity contribution is -0.141. The molecule has 0 aromatic heterocycles. The molecular weight excluding hydrogens is 274 g/mol. The number of aliphatic carboxylic acids is 1. The summed E-state index contributed by atoms with van der Waals surface area (Å²) in [5.74, 6) is -2.65. The number of halogens is 1. The largest absolute Gasteiger partial charge is 0.480 e. The summed E-state index contributed by atoms with van der Waals surface area (Å²) in [4.78, 5) is 34.0. The summed E-state index contributed by atoms with van der Waals surface area (Å²) in [6.07, 6.45) is 0. The van der Waals surface area contributed by atoms with Gasteiger partial charge in [-0.25, -0.2) is 4.79 Å². The number of carboxylic acid groups (broad SMARTS) is 1. The highest BCUT2D eigenvalue weighted by Crippen LogP contribution is 1.99. The topological polar surface area (TPSA) is 122 Å². The zero-order chi connectivity index (χ0) is 15.2. The first-order valence-corrected chi connectivity index (χ1v) is 6.39. The number of rotatable bonds is 7. The number of hydrogen-bond acceptors (Lipinski definition) is 4. The lowest BCUT2D eigenvalue weighted by Crippen LogP contribution is -2.54. The van der Waals surface area contributed by atoms with Crippen LogP contribution in [0.15, 0.2) is 0 Å². The van der Waals surface area contributed by atoms with Crippen molar-refractivity contribution in [3.05, 3.63) is 0 Å². The van der Waals surface area contributed by atoms with E-state index in [9.17, 15) is 14.4 Å². The van der Waals surface area contributed by atoms with Crippen LogP contribution in [0.3, 0.4) is 0 Å². The summed E-state index contributed by atoms with van der Waals surface area (Å²) in [6, 6.07) is -2.80. The molecule has 0 fully saturated rings. The summed E-state index contributed by atoms with van der Waals surface area (Å²) < 4.78 is 0. The second kappa shape index (κ2) is 7.96. The number of nitrogens with one attached hydrogen (secondary N) is 2. The standard InChI is InChI=1S/C11H20ClN3O4/c1-5(2)8(13)10(17)14-6(3)9(16)15-7(4-12)11(18)19/h5-8H,4,13H2,1-3H3,(H,14,17)(H,15,16)(H,18,19)/t6-,7-,8-/m0/s1. The maximum atomic E-state index is 11.7. The normalized spacial score (nSPS) is 15.5. The van der Waals surface area contributed by atoms with Crippen LogP contribution in [-0.2, 0) is 14.4 Å². The van der Waals surface area contributed by atoms with Gasteiger partial charge in [0.15, 0.2) is 0 Å². The van der Waals surface area contributed by atoms with Gasteiger partial charge in [0, 0.05) is 0 Å². The molecule has 0 aromatic rings. The van der Waals surface area contributed by atoms with Gasteiger partial charge in [-0.3, -0.25) is 9.59 Å². The maximum absolute atomic E-state index is 11.7. The van der Waals surface area contributed by atoms with E-state index in [4.69, 9.17) is 22.4 Å². The summed E-state index contributed by atoms with van der Waals surface area (Å²) in [6.45, 7) is 5.00. The minimum absolute atomic E-state index is 0.0649. The Morgan fingerprint density at radius 3 is 2.05 bits per heavy atom. The number of nitrogens with two attached hydrogens (primary N) is 1. The van der Waals surface area contributed by atoms with Gasteiger partial charge in [-0.1, -0.05) is 13.8 Å². The Labute approximate surface area is 116 Å². The van der Waals surface area contributed by atoms with Crippen molar-refractivity contribution >= 4 is 29.4 Å². The van der Waals surface area contributed by atoms with E-state index in [0.717, 1.165) is 0 Å². The number of carbonyl (C=O) groups is 3. The van der Waals surface area contributed by atoms with Crippen LogP contribution in [0.5, 0.6) is 0 Å². The maximum Gasteiger partial charge on any atom is 0.327 e. The van der Waals surface area contributed by atoms with E-state index in [-0.39, 0.29) is 11.8 Å². The van der Waals surface area contributed by atoms with Crippen molar-refractivity contribution < 1.29 is 19.5 Å². The quantitative estimate of drug-likeness (QED) is 0.462. The number of carboxylic acids is 1. The lowest BCUT2D eigenvalue weighted by Gasteiger charge is -2.20. The molecule has 0 saturated heterocycles. The van der Waals surface area contributed by atoms with E-state index < -0.39 is 35.9 Å². The van der Waals surface area contributed by atoms with Crippen LogP contribution in [0, 0.1) is 5.92 Å². The highest BCUT2D eigenvalue weighted by Gasteiger charge is 2.25. The van der Waals surface area contributed by atoms with Crippen LogP contribution in [0.4, 0.5) is 0 Å². The van der Waals surface area contributed by atoms with Crippen LogP contribution in [0.25, 0.3) is 0 Å². The van der Waals surface area contributed by atoms with E-state index >= 15 is 0 Å².